The minimum atomic E-state index is -0.0296. The van der Waals surface area contributed by atoms with Crippen molar-refractivity contribution in [3.05, 3.63) is 60.4 Å². The van der Waals surface area contributed by atoms with Crippen molar-refractivity contribution in [2.24, 2.45) is 0 Å². The molecule has 3 aromatic rings. The summed E-state index contributed by atoms with van der Waals surface area (Å²) in [6, 6.07) is 13.0. The Labute approximate surface area is 110 Å². The van der Waals surface area contributed by atoms with Gasteiger partial charge in [-0.1, -0.05) is 6.07 Å². The van der Waals surface area contributed by atoms with Crippen LogP contribution < -0.4 is 4.74 Å². The Hall–Kier alpha value is -2.46. The molecule has 0 unspecified atom stereocenters. The Morgan fingerprint density at radius 3 is 2.84 bits per heavy atom. The molecule has 0 aliphatic carbocycles. The van der Waals surface area contributed by atoms with Gasteiger partial charge in [0.05, 0.1) is 12.1 Å². The van der Waals surface area contributed by atoms with Gasteiger partial charge in [-0.25, -0.2) is 4.98 Å². The fourth-order valence-corrected chi connectivity index (χ4v) is 1.84. The number of hydrogen-bond donors (Lipinski definition) is 1. The Balaban J connectivity index is 1.92. The maximum atomic E-state index is 9.08. The summed E-state index contributed by atoms with van der Waals surface area (Å²) in [5.41, 5.74) is 1.64. The number of ether oxygens (including phenoxy) is 1. The quantitative estimate of drug-likeness (QED) is 0.778. The van der Waals surface area contributed by atoms with Crippen molar-refractivity contribution in [1.29, 1.82) is 0 Å². The van der Waals surface area contributed by atoms with Crippen molar-refractivity contribution in [3.63, 3.8) is 0 Å². The molecule has 2 aromatic heterocycles. The van der Waals surface area contributed by atoms with E-state index < -0.39 is 0 Å². The molecule has 94 valence electrons. The molecule has 0 fully saturated rings. The molecular formula is C15H12N2O2. The molecule has 0 bridgehead atoms. The second-order valence-corrected chi connectivity index (χ2v) is 4.12. The van der Waals surface area contributed by atoms with Gasteiger partial charge in [-0.15, -0.1) is 0 Å². The van der Waals surface area contributed by atoms with E-state index in [9.17, 15) is 0 Å². The molecule has 1 aromatic carbocycles. The summed E-state index contributed by atoms with van der Waals surface area (Å²) < 4.78 is 5.67. The monoisotopic (exact) mass is 252 g/mol. The van der Waals surface area contributed by atoms with Crippen LogP contribution in [0.4, 0.5) is 0 Å². The van der Waals surface area contributed by atoms with Gasteiger partial charge in [0.2, 0.25) is 5.88 Å². The average molecular weight is 252 g/mol. The largest absolute Gasteiger partial charge is 0.439 e. The summed E-state index contributed by atoms with van der Waals surface area (Å²) in [4.78, 5) is 8.39. The van der Waals surface area contributed by atoms with Crippen LogP contribution in [0.5, 0.6) is 11.6 Å². The molecule has 0 saturated heterocycles. The van der Waals surface area contributed by atoms with Gasteiger partial charge in [-0.05, 0) is 29.8 Å². The van der Waals surface area contributed by atoms with Gasteiger partial charge in [-0.3, -0.25) is 4.98 Å². The summed E-state index contributed by atoms with van der Waals surface area (Å²) in [6.45, 7) is -0.0296. The Morgan fingerprint density at radius 2 is 1.95 bits per heavy atom. The standard InChI is InChI=1S/C15H12N2O2/c18-10-11-5-7-17-15(8-11)19-13-4-3-12-2-1-6-16-14(12)9-13/h1-9,18H,10H2. The van der Waals surface area contributed by atoms with Crippen LogP contribution in [0.15, 0.2) is 54.9 Å². The zero-order valence-corrected chi connectivity index (χ0v) is 10.2. The average Bonchev–Trinajstić information content (AvgIpc) is 2.47. The Morgan fingerprint density at radius 1 is 1.00 bits per heavy atom. The number of rotatable bonds is 3. The van der Waals surface area contributed by atoms with Crippen LogP contribution in [0, 0.1) is 0 Å². The highest BCUT2D eigenvalue weighted by molar-refractivity contribution is 5.79. The van der Waals surface area contributed by atoms with Crippen molar-refractivity contribution >= 4 is 10.9 Å². The van der Waals surface area contributed by atoms with Crippen molar-refractivity contribution in [1.82, 2.24) is 9.97 Å². The summed E-state index contributed by atoms with van der Waals surface area (Å²) >= 11 is 0. The molecular weight excluding hydrogens is 240 g/mol. The minimum Gasteiger partial charge on any atom is -0.439 e. The lowest BCUT2D eigenvalue weighted by atomic mass is 10.2. The fraction of sp³-hybridized carbons (Fsp3) is 0.0667. The molecule has 0 aliphatic rings. The minimum absolute atomic E-state index is 0.0296. The number of aromatic nitrogens is 2. The van der Waals surface area contributed by atoms with E-state index in [0.29, 0.717) is 11.6 Å². The van der Waals surface area contributed by atoms with Crippen LogP contribution in [-0.4, -0.2) is 15.1 Å². The fourth-order valence-electron chi connectivity index (χ4n) is 1.84. The topological polar surface area (TPSA) is 55.2 Å². The molecule has 0 atom stereocenters. The summed E-state index contributed by atoms with van der Waals surface area (Å²) in [7, 11) is 0. The van der Waals surface area contributed by atoms with Crippen LogP contribution in [0.25, 0.3) is 10.9 Å². The normalized spacial score (nSPS) is 10.6. The number of benzene rings is 1. The van der Waals surface area contributed by atoms with Gasteiger partial charge in [0.1, 0.15) is 5.75 Å². The second-order valence-electron chi connectivity index (χ2n) is 4.12. The maximum absolute atomic E-state index is 9.08. The molecule has 1 N–H and O–H groups in total. The van der Waals surface area contributed by atoms with Crippen LogP contribution in [0.1, 0.15) is 5.56 Å². The number of nitrogens with zero attached hydrogens (tertiary/aromatic N) is 2. The number of hydrogen-bond acceptors (Lipinski definition) is 4. The highest BCUT2D eigenvalue weighted by Gasteiger charge is 2.02. The molecule has 19 heavy (non-hydrogen) atoms. The van der Waals surface area contributed by atoms with E-state index in [-0.39, 0.29) is 6.61 Å². The van der Waals surface area contributed by atoms with E-state index in [2.05, 4.69) is 9.97 Å². The van der Waals surface area contributed by atoms with E-state index in [1.165, 1.54) is 0 Å². The summed E-state index contributed by atoms with van der Waals surface area (Å²) in [5.74, 6) is 1.13. The smallest absolute Gasteiger partial charge is 0.219 e. The van der Waals surface area contributed by atoms with Crippen molar-refractivity contribution in [2.45, 2.75) is 6.61 Å². The van der Waals surface area contributed by atoms with E-state index in [1.807, 2.05) is 30.3 Å². The van der Waals surface area contributed by atoms with Gasteiger partial charge in [0.25, 0.3) is 0 Å². The number of fused-ring (bicyclic) bond motifs is 1. The first-order chi connectivity index (χ1) is 9.35. The van der Waals surface area contributed by atoms with E-state index in [4.69, 9.17) is 9.84 Å². The molecule has 4 heteroatoms. The lowest BCUT2D eigenvalue weighted by molar-refractivity contribution is 0.281. The number of aliphatic hydroxyl groups is 1. The molecule has 0 radical (unpaired) electrons. The molecule has 2 heterocycles. The van der Waals surface area contributed by atoms with Gasteiger partial charge in [-0.2, -0.15) is 0 Å². The van der Waals surface area contributed by atoms with Gasteiger partial charge < -0.3 is 9.84 Å². The third kappa shape index (κ3) is 2.53. The highest BCUT2D eigenvalue weighted by atomic mass is 16.5. The van der Waals surface area contributed by atoms with Crippen molar-refractivity contribution in [3.8, 4) is 11.6 Å². The zero-order chi connectivity index (χ0) is 13.1. The predicted molar refractivity (Wildman–Crippen MR) is 72.0 cm³/mol. The lowest BCUT2D eigenvalue weighted by Crippen LogP contribution is -1.90. The van der Waals surface area contributed by atoms with Crippen LogP contribution in [0.2, 0.25) is 0 Å². The SMILES string of the molecule is OCc1ccnc(Oc2ccc3cccnc3c2)c1. The maximum Gasteiger partial charge on any atom is 0.219 e. The first-order valence-corrected chi connectivity index (χ1v) is 5.93. The third-order valence-corrected chi connectivity index (χ3v) is 2.78. The molecule has 0 spiro atoms. The number of pyridine rings is 2. The van der Waals surface area contributed by atoms with Gasteiger partial charge in [0, 0.05) is 29.9 Å². The van der Waals surface area contributed by atoms with Crippen LogP contribution >= 0.6 is 0 Å². The van der Waals surface area contributed by atoms with Crippen LogP contribution in [-0.2, 0) is 6.61 Å². The third-order valence-electron chi connectivity index (χ3n) is 2.78. The van der Waals surface area contributed by atoms with Crippen molar-refractivity contribution < 1.29 is 9.84 Å². The van der Waals surface area contributed by atoms with E-state index in [1.54, 1.807) is 24.5 Å². The first-order valence-electron chi connectivity index (χ1n) is 5.93. The summed E-state index contributed by atoms with van der Waals surface area (Å²) in [5, 5.41) is 10.1. The molecule has 3 rings (SSSR count). The predicted octanol–water partition coefficient (Wildman–Crippen LogP) is 2.91. The summed E-state index contributed by atoms with van der Waals surface area (Å²) in [6.07, 6.45) is 3.36. The Kier molecular flexibility index (Phi) is 3.08. The molecule has 4 nitrogen and oxygen atoms in total. The lowest BCUT2D eigenvalue weighted by Gasteiger charge is -2.06. The van der Waals surface area contributed by atoms with E-state index in [0.717, 1.165) is 16.5 Å². The molecule has 0 saturated carbocycles. The van der Waals surface area contributed by atoms with Crippen molar-refractivity contribution in [2.75, 3.05) is 0 Å². The van der Waals surface area contributed by atoms with Gasteiger partial charge in [0.15, 0.2) is 0 Å². The highest BCUT2D eigenvalue weighted by Crippen LogP contribution is 2.23. The van der Waals surface area contributed by atoms with Crippen LogP contribution in [0.3, 0.4) is 0 Å². The Bertz CT molecular complexity index is 713. The molecule has 0 amide bonds. The van der Waals surface area contributed by atoms with E-state index >= 15 is 0 Å². The number of aliphatic hydroxyl groups excluding tert-OH is 1. The first kappa shape index (κ1) is 11.6. The zero-order valence-electron chi connectivity index (χ0n) is 10.2. The molecule has 0 aliphatic heterocycles. The van der Waals surface area contributed by atoms with Gasteiger partial charge >= 0.3 is 0 Å². The second kappa shape index (κ2) is 5.04.